The molecule has 1 atom stereocenters. The first kappa shape index (κ1) is 21.4. The standard InChI is InChI=1S/C17H22N4O6S/c1-10(20-21-28-8-16(23)18-9-28)4-5-15(22)19-12-7-14(27-3)13(26-2)6-11(12)17(24)25/h6-7H,4-5,8-9H2,1-3H3,(H,18,23)(H,19,22)(H,24,25)/b20-10+. The number of carboxylic acids is 1. The quantitative estimate of drug-likeness (QED) is 0.437. The number of methoxy groups -OCH3 is 2. The molecule has 0 radical (unpaired) electrons. The van der Waals surface area contributed by atoms with Crippen LogP contribution in [0.2, 0.25) is 0 Å². The summed E-state index contributed by atoms with van der Waals surface area (Å²) < 4.78 is 14.3. The number of rotatable bonds is 8. The number of benzene rings is 1. The normalized spacial score (nSPS) is 16.6. The molecule has 1 unspecified atom stereocenters. The third-order valence-electron chi connectivity index (χ3n) is 3.80. The van der Waals surface area contributed by atoms with Gasteiger partial charge in [-0.3, -0.25) is 9.59 Å². The lowest BCUT2D eigenvalue weighted by atomic mass is 10.1. The molecule has 1 aromatic carbocycles. The predicted octanol–water partition coefficient (Wildman–Crippen LogP) is 1.39. The van der Waals surface area contributed by atoms with Gasteiger partial charge in [-0.25, -0.2) is 4.79 Å². The smallest absolute Gasteiger partial charge is 0.337 e. The zero-order chi connectivity index (χ0) is 20.7. The molecule has 1 saturated heterocycles. The van der Waals surface area contributed by atoms with Gasteiger partial charge in [-0.1, -0.05) is 0 Å². The molecule has 3 N–H and O–H groups in total. The Morgan fingerprint density at radius 3 is 2.50 bits per heavy atom. The molecule has 0 aliphatic carbocycles. The monoisotopic (exact) mass is 410 g/mol. The minimum Gasteiger partial charge on any atom is -0.493 e. The van der Waals surface area contributed by atoms with E-state index in [1.54, 1.807) is 6.92 Å². The third-order valence-corrected chi connectivity index (χ3v) is 5.19. The van der Waals surface area contributed by atoms with Gasteiger partial charge in [0.25, 0.3) is 0 Å². The average Bonchev–Trinajstić information content (AvgIpc) is 3.09. The van der Waals surface area contributed by atoms with Crippen molar-refractivity contribution in [3.8, 4) is 11.5 Å². The Kier molecular flexibility index (Phi) is 7.50. The van der Waals surface area contributed by atoms with Crippen LogP contribution in [0.1, 0.15) is 30.1 Å². The van der Waals surface area contributed by atoms with Crippen molar-refractivity contribution in [2.24, 2.45) is 9.57 Å². The van der Waals surface area contributed by atoms with Gasteiger partial charge < -0.3 is 25.2 Å². The van der Waals surface area contributed by atoms with Crippen molar-refractivity contribution in [1.29, 1.82) is 0 Å². The van der Waals surface area contributed by atoms with E-state index in [0.717, 1.165) is 0 Å². The van der Waals surface area contributed by atoms with Crippen LogP contribution in [0, 0.1) is 0 Å². The summed E-state index contributed by atoms with van der Waals surface area (Å²) >= 11 is 0. The molecular formula is C17H22N4O6S. The number of hydrogen-bond donors (Lipinski definition) is 3. The highest BCUT2D eigenvalue weighted by Gasteiger charge is 2.18. The molecule has 28 heavy (non-hydrogen) atoms. The Hall–Kier alpha value is -2.95. The van der Waals surface area contributed by atoms with Gasteiger partial charge in [0.1, 0.15) is 0 Å². The highest BCUT2D eigenvalue weighted by atomic mass is 32.2. The number of nitrogens with zero attached hydrogens (tertiary/aromatic N) is 2. The van der Waals surface area contributed by atoms with Crippen molar-refractivity contribution in [3.63, 3.8) is 0 Å². The van der Waals surface area contributed by atoms with E-state index in [1.165, 1.54) is 26.4 Å². The van der Waals surface area contributed by atoms with Crippen molar-refractivity contribution in [2.45, 2.75) is 19.8 Å². The Morgan fingerprint density at radius 2 is 1.93 bits per heavy atom. The van der Waals surface area contributed by atoms with Crippen molar-refractivity contribution < 1.29 is 29.0 Å². The number of nitrogens with one attached hydrogen (secondary N) is 2. The maximum Gasteiger partial charge on any atom is 0.337 e. The summed E-state index contributed by atoms with van der Waals surface area (Å²) in [4.78, 5) is 34.8. The van der Waals surface area contributed by atoms with Crippen molar-refractivity contribution >= 4 is 39.9 Å². The average molecular weight is 410 g/mol. The highest BCUT2D eigenvalue weighted by Crippen LogP contribution is 2.33. The second kappa shape index (κ2) is 9.83. The lowest BCUT2D eigenvalue weighted by molar-refractivity contribution is -0.118. The summed E-state index contributed by atoms with van der Waals surface area (Å²) in [7, 11) is 2.36. The van der Waals surface area contributed by atoms with Crippen LogP contribution in [0.5, 0.6) is 11.5 Å². The topological polar surface area (TPSA) is 139 Å². The van der Waals surface area contributed by atoms with E-state index in [4.69, 9.17) is 9.47 Å². The van der Waals surface area contributed by atoms with Crippen LogP contribution in [-0.2, 0) is 20.3 Å². The number of carbonyl (C=O) groups excluding carboxylic acids is 2. The minimum atomic E-state index is -1.20. The van der Waals surface area contributed by atoms with Crippen LogP contribution >= 0.6 is 0 Å². The molecule has 152 valence electrons. The largest absolute Gasteiger partial charge is 0.493 e. The highest BCUT2D eigenvalue weighted by molar-refractivity contribution is 7.88. The van der Waals surface area contributed by atoms with Gasteiger partial charge in [0.2, 0.25) is 11.8 Å². The lowest BCUT2D eigenvalue weighted by Crippen LogP contribution is -2.15. The third kappa shape index (κ3) is 5.78. The molecule has 1 fully saturated rings. The number of anilines is 1. The number of aromatic carboxylic acids is 1. The molecule has 1 heterocycles. The van der Waals surface area contributed by atoms with Gasteiger partial charge in [0.05, 0.1) is 37.1 Å². The van der Waals surface area contributed by atoms with Gasteiger partial charge in [0, 0.05) is 24.3 Å². The van der Waals surface area contributed by atoms with Gasteiger partial charge in [-0.15, -0.1) is 4.47 Å². The Labute approximate surface area is 164 Å². The molecule has 1 aromatic rings. The van der Waals surface area contributed by atoms with Crippen molar-refractivity contribution in [1.82, 2.24) is 5.32 Å². The van der Waals surface area contributed by atoms with Gasteiger partial charge in [-0.05, 0) is 24.0 Å². The molecule has 0 saturated carbocycles. The molecule has 1 aliphatic heterocycles. The number of ether oxygens (including phenoxy) is 2. The maximum absolute atomic E-state index is 12.2. The van der Waals surface area contributed by atoms with Crippen LogP contribution < -0.4 is 20.1 Å². The second-order valence-corrected chi connectivity index (χ2v) is 7.54. The van der Waals surface area contributed by atoms with E-state index in [9.17, 15) is 19.5 Å². The zero-order valence-corrected chi connectivity index (χ0v) is 16.6. The summed E-state index contributed by atoms with van der Waals surface area (Å²) in [6.07, 6.45) is 0.451. The van der Waals surface area contributed by atoms with Crippen LogP contribution in [0.15, 0.2) is 21.7 Å². The van der Waals surface area contributed by atoms with E-state index < -0.39 is 16.7 Å². The summed E-state index contributed by atoms with van der Waals surface area (Å²) in [6.45, 7) is 1.74. The lowest BCUT2D eigenvalue weighted by Gasteiger charge is -2.13. The summed E-state index contributed by atoms with van der Waals surface area (Å²) in [5.41, 5.74) is 0.658. The Morgan fingerprint density at radius 1 is 1.25 bits per heavy atom. The van der Waals surface area contributed by atoms with Crippen molar-refractivity contribution in [2.75, 3.05) is 31.2 Å². The van der Waals surface area contributed by atoms with Crippen LogP contribution in [0.4, 0.5) is 5.69 Å². The molecule has 2 amide bonds. The van der Waals surface area contributed by atoms with E-state index >= 15 is 0 Å². The fourth-order valence-electron chi connectivity index (χ4n) is 2.32. The van der Waals surface area contributed by atoms with Crippen molar-refractivity contribution in [3.05, 3.63) is 17.7 Å². The molecule has 0 aromatic heterocycles. The first-order valence-corrected chi connectivity index (χ1v) is 9.83. The summed E-state index contributed by atoms with van der Waals surface area (Å²) in [5.74, 6) is -0.216. The van der Waals surface area contributed by atoms with E-state index in [0.29, 0.717) is 29.5 Å². The fourth-order valence-corrected chi connectivity index (χ4v) is 3.52. The minimum absolute atomic E-state index is 0.0385. The van der Waals surface area contributed by atoms with E-state index in [1.807, 2.05) is 0 Å². The fraction of sp³-hybridized carbons (Fsp3) is 0.412. The van der Waals surface area contributed by atoms with Crippen LogP contribution in [-0.4, -0.2) is 54.5 Å². The molecule has 2 rings (SSSR count). The van der Waals surface area contributed by atoms with E-state index in [-0.39, 0.29) is 35.2 Å². The van der Waals surface area contributed by atoms with Gasteiger partial charge in [0.15, 0.2) is 11.5 Å². The number of carboxylic acid groups (broad SMARTS) is 1. The molecule has 1 aliphatic rings. The number of hydrogen-bond acceptors (Lipinski definition) is 6. The van der Waals surface area contributed by atoms with Gasteiger partial charge in [-0.2, -0.15) is 5.10 Å². The predicted molar refractivity (Wildman–Crippen MR) is 105 cm³/mol. The van der Waals surface area contributed by atoms with Crippen LogP contribution in [0.25, 0.3) is 0 Å². The Balaban J connectivity index is 2.02. The van der Waals surface area contributed by atoms with Gasteiger partial charge >= 0.3 is 5.97 Å². The first-order chi connectivity index (χ1) is 13.3. The van der Waals surface area contributed by atoms with E-state index in [2.05, 4.69) is 20.2 Å². The molecule has 0 spiro atoms. The SMILES string of the molecule is COc1cc(NC(=O)CC/C(C)=N/N=S2\CNC(=O)C2)c(C(=O)O)cc1OC. The Bertz CT molecular complexity index is 852. The molecular weight excluding hydrogens is 388 g/mol. The summed E-state index contributed by atoms with van der Waals surface area (Å²) in [6, 6.07) is 2.70. The maximum atomic E-state index is 12.2. The number of amides is 2. The molecule has 10 nitrogen and oxygen atoms in total. The van der Waals surface area contributed by atoms with Crippen LogP contribution in [0.3, 0.4) is 0 Å². The molecule has 11 heteroatoms. The first-order valence-electron chi connectivity index (χ1n) is 8.31. The zero-order valence-electron chi connectivity index (χ0n) is 15.8. The molecule has 0 bridgehead atoms. The number of carbonyl (C=O) groups is 3. The summed E-state index contributed by atoms with van der Waals surface area (Å²) in [5, 5.41) is 18.7. The second-order valence-electron chi connectivity index (χ2n) is 5.87.